The average Bonchev–Trinajstić information content (AvgIpc) is 3.02. The van der Waals surface area contributed by atoms with Crippen LogP contribution in [0.4, 0.5) is 0 Å². The summed E-state index contributed by atoms with van der Waals surface area (Å²) in [5.74, 6) is -1.58. The summed E-state index contributed by atoms with van der Waals surface area (Å²) in [6.07, 6.45) is 0. The molecule has 30 heavy (non-hydrogen) atoms. The topological polar surface area (TPSA) is 66.8 Å². The molecule has 0 unspecified atom stereocenters. The number of ketones is 1. The minimum Gasteiger partial charge on any atom is -0.507 e. The van der Waals surface area contributed by atoms with Crippen LogP contribution in [-0.2, 0) is 14.3 Å². The van der Waals surface area contributed by atoms with Gasteiger partial charge < -0.3 is 14.7 Å². The van der Waals surface area contributed by atoms with Gasteiger partial charge in [-0.05, 0) is 40.6 Å². The van der Waals surface area contributed by atoms with Gasteiger partial charge in [-0.25, -0.2) is 0 Å². The molecule has 3 aromatic carbocycles. The third-order valence-corrected chi connectivity index (χ3v) is 5.56. The highest BCUT2D eigenvalue weighted by molar-refractivity contribution is 6.46. The van der Waals surface area contributed by atoms with Gasteiger partial charge in [0.2, 0.25) is 0 Å². The third-order valence-electron chi connectivity index (χ3n) is 5.31. The van der Waals surface area contributed by atoms with Crippen LogP contribution >= 0.6 is 11.6 Å². The lowest BCUT2D eigenvalue weighted by molar-refractivity contribution is -0.140. The molecule has 5 nitrogen and oxygen atoms in total. The fraction of sp³-hybridized carbons (Fsp3) is 0.167. The highest BCUT2D eigenvalue weighted by atomic mass is 35.5. The number of hydrogen-bond donors (Lipinski definition) is 1. The van der Waals surface area contributed by atoms with Crippen LogP contribution in [-0.4, -0.2) is 42.0 Å². The van der Waals surface area contributed by atoms with Crippen molar-refractivity contribution in [3.63, 3.8) is 0 Å². The number of Topliss-reactive ketones (excluding diaryl/α,β-unsaturated/α-hetero) is 1. The molecule has 0 radical (unpaired) electrons. The number of halogens is 1. The van der Waals surface area contributed by atoms with Crippen molar-refractivity contribution in [3.05, 3.63) is 88.5 Å². The van der Waals surface area contributed by atoms with Crippen LogP contribution in [0.15, 0.2) is 72.3 Å². The SMILES string of the molecule is COCCN1C(=O)C(=O)C(=C(O)c2ccc(Cl)cc2)[C@H]1c1cccc2ccccc12. The zero-order chi connectivity index (χ0) is 21.3. The van der Waals surface area contributed by atoms with E-state index in [0.29, 0.717) is 10.6 Å². The molecule has 1 saturated heterocycles. The van der Waals surface area contributed by atoms with Crippen LogP contribution in [0.5, 0.6) is 0 Å². The number of amides is 1. The van der Waals surface area contributed by atoms with Crippen LogP contribution in [0, 0.1) is 0 Å². The standard InChI is InChI=1S/C24H20ClNO4/c1-30-14-13-26-21(19-8-4-6-15-5-2-3-7-18(15)19)20(23(28)24(26)29)22(27)16-9-11-17(25)12-10-16/h2-12,21,27H,13-14H2,1H3/t21-/m1/s1. The zero-order valence-electron chi connectivity index (χ0n) is 16.3. The predicted octanol–water partition coefficient (Wildman–Crippen LogP) is 4.56. The number of rotatable bonds is 5. The van der Waals surface area contributed by atoms with Crippen molar-refractivity contribution in [1.29, 1.82) is 0 Å². The Labute approximate surface area is 179 Å². The number of benzene rings is 3. The number of likely N-dealkylation sites (tertiary alicyclic amines) is 1. The highest BCUT2D eigenvalue weighted by Crippen LogP contribution is 2.41. The number of fused-ring (bicyclic) bond motifs is 1. The van der Waals surface area contributed by atoms with Crippen molar-refractivity contribution in [2.45, 2.75) is 6.04 Å². The Balaban J connectivity index is 1.95. The summed E-state index contributed by atoms with van der Waals surface area (Å²) in [6.45, 7) is 0.502. The first-order valence-corrected chi connectivity index (χ1v) is 9.91. The van der Waals surface area contributed by atoms with E-state index in [2.05, 4.69) is 0 Å². The fourth-order valence-electron chi connectivity index (χ4n) is 3.88. The Hall–Kier alpha value is -3.15. The molecule has 3 aromatic rings. The van der Waals surface area contributed by atoms with E-state index in [9.17, 15) is 14.7 Å². The number of carbonyl (C=O) groups is 2. The van der Waals surface area contributed by atoms with Crippen molar-refractivity contribution in [2.24, 2.45) is 0 Å². The predicted molar refractivity (Wildman–Crippen MR) is 116 cm³/mol. The largest absolute Gasteiger partial charge is 0.507 e. The van der Waals surface area contributed by atoms with Gasteiger partial charge in [0, 0.05) is 24.2 Å². The molecule has 1 aliphatic rings. The molecule has 0 bridgehead atoms. The zero-order valence-corrected chi connectivity index (χ0v) is 17.1. The lowest BCUT2D eigenvalue weighted by Crippen LogP contribution is -2.32. The minimum absolute atomic E-state index is 0.0646. The second-order valence-electron chi connectivity index (χ2n) is 7.06. The van der Waals surface area contributed by atoms with Crippen LogP contribution in [0.25, 0.3) is 16.5 Å². The van der Waals surface area contributed by atoms with Gasteiger partial charge >= 0.3 is 0 Å². The van der Waals surface area contributed by atoms with E-state index in [-0.39, 0.29) is 24.5 Å². The van der Waals surface area contributed by atoms with Gasteiger partial charge in [-0.3, -0.25) is 9.59 Å². The lowest BCUT2D eigenvalue weighted by Gasteiger charge is -2.26. The Morgan fingerprint density at radius 3 is 2.47 bits per heavy atom. The first kappa shape index (κ1) is 20.1. The van der Waals surface area contributed by atoms with Crippen LogP contribution in [0.2, 0.25) is 5.02 Å². The first-order valence-electron chi connectivity index (χ1n) is 9.54. The second kappa shape index (κ2) is 8.30. The Kier molecular flexibility index (Phi) is 5.57. The molecule has 152 valence electrons. The number of methoxy groups -OCH3 is 1. The molecule has 0 spiro atoms. The minimum atomic E-state index is -0.720. The third kappa shape index (κ3) is 3.47. The summed E-state index contributed by atoms with van der Waals surface area (Å²) in [7, 11) is 1.54. The quantitative estimate of drug-likeness (QED) is 0.372. The van der Waals surface area contributed by atoms with Crippen molar-refractivity contribution in [1.82, 2.24) is 4.90 Å². The van der Waals surface area contributed by atoms with Crippen LogP contribution in [0.1, 0.15) is 17.2 Å². The van der Waals surface area contributed by atoms with Gasteiger partial charge in [0.15, 0.2) is 0 Å². The molecular formula is C24H20ClNO4. The summed E-state index contributed by atoms with van der Waals surface area (Å²) >= 11 is 5.96. The summed E-state index contributed by atoms with van der Waals surface area (Å²) in [5, 5.41) is 13.5. The van der Waals surface area contributed by atoms with Crippen molar-refractivity contribution in [2.75, 3.05) is 20.3 Å². The molecule has 1 amide bonds. The Morgan fingerprint density at radius 2 is 1.73 bits per heavy atom. The summed E-state index contributed by atoms with van der Waals surface area (Å²) < 4.78 is 5.15. The lowest BCUT2D eigenvalue weighted by atomic mass is 9.91. The molecule has 1 aliphatic heterocycles. The van der Waals surface area contributed by atoms with Crippen LogP contribution in [0.3, 0.4) is 0 Å². The summed E-state index contributed by atoms with van der Waals surface area (Å²) in [5.41, 5.74) is 1.27. The molecule has 4 rings (SSSR count). The van der Waals surface area contributed by atoms with E-state index in [4.69, 9.17) is 16.3 Å². The molecule has 1 atom stereocenters. The number of aliphatic hydroxyl groups excluding tert-OH is 1. The Bertz CT molecular complexity index is 1150. The highest BCUT2D eigenvalue weighted by Gasteiger charge is 2.46. The van der Waals surface area contributed by atoms with E-state index in [1.807, 2.05) is 42.5 Å². The van der Waals surface area contributed by atoms with Gasteiger partial charge in [0.05, 0.1) is 18.2 Å². The molecular weight excluding hydrogens is 402 g/mol. The number of hydrogen-bond acceptors (Lipinski definition) is 4. The maximum atomic E-state index is 13.0. The van der Waals surface area contributed by atoms with E-state index < -0.39 is 17.7 Å². The number of ether oxygens (including phenoxy) is 1. The van der Waals surface area contributed by atoms with E-state index in [0.717, 1.165) is 16.3 Å². The van der Waals surface area contributed by atoms with Gasteiger partial charge in [0.25, 0.3) is 11.7 Å². The van der Waals surface area contributed by atoms with E-state index in [1.54, 1.807) is 24.3 Å². The Morgan fingerprint density at radius 1 is 1.03 bits per heavy atom. The first-order chi connectivity index (χ1) is 14.5. The number of nitrogens with zero attached hydrogens (tertiary/aromatic N) is 1. The van der Waals surface area contributed by atoms with Crippen molar-refractivity contribution in [3.8, 4) is 0 Å². The van der Waals surface area contributed by atoms with Gasteiger partial charge in [0.1, 0.15) is 5.76 Å². The summed E-state index contributed by atoms with van der Waals surface area (Å²) in [6, 6.07) is 19.3. The summed E-state index contributed by atoms with van der Waals surface area (Å²) in [4.78, 5) is 27.4. The smallest absolute Gasteiger partial charge is 0.295 e. The number of carbonyl (C=O) groups excluding carboxylic acids is 2. The van der Waals surface area contributed by atoms with Gasteiger partial charge in [-0.15, -0.1) is 0 Å². The average molecular weight is 422 g/mol. The molecule has 1 heterocycles. The maximum Gasteiger partial charge on any atom is 0.295 e. The molecule has 6 heteroatoms. The molecule has 1 fully saturated rings. The van der Waals surface area contributed by atoms with Crippen LogP contribution < -0.4 is 0 Å². The number of aliphatic hydroxyl groups is 1. The van der Waals surface area contributed by atoms with Crippen molar-refractivity contribution >= 4 is 39.8 Å². The normalized spacial score (nSPS) is 18.3. The monoisotopic (exact) mass is 421 g/mol. The van der Waals surface area contributed by atoms with E-state index >= 15 is 0 Å². The van der Waals surface area contributed by atoms with Gasteiger partial charge in [-0.2, -0.15) is 0 Å². The molecule has 0 aromatic heterocycles. The van der Waals surface area contributed by atoms with Crippen molar-refractivity contribution < 1.29 is 19.4 Å². The molecule has 0 saturated carbocycles. The molecule has 0 aliphatic carbocycles. The van der Waals surface area contributed by atoms with Gasteiger partial charge in [-0.1, -0.05) is 54.1 Å². The van der Waals surface area contributed by atoms with E-state index in [1.165, 1.54) is 12.0 Å². The molecule has 1 N–H and O–H groups in total. The maximum absolute atomic E-state index is 13.0. The second-order valence-corrected chi connectivity index (χ2v) is 7.50. The fourth-order valence-corrected chi connectivity index (χ4v) is 4.00.